The number of aldehydes is 1. The molecule has 0 radical (unpaired) electrons. The number of ether oxygens (including phenoxy) is 1. The van der Waals surface area contributed by atoms with Crippen molar-refractivity contribution in [1.82, 2.24) is 9.38 Å². The fraction of sp³-hybridized carbons (Fsp3) is 0. The number of imidazole rings is 1. The summed E-state index contributed by atoms with van der Waals surface area (Å²) in [7, 11) is 0. The Morgan fingerprint density at radius 3 is 2.95 bits per heavy atom. The first-order valence-corrected chi connectivity index (χ1v) is 6.10. The van der Waals surface area contributed by atoms with Gasteiger partial charge < -0.3 is 4.74 Å². The molecule has 2 heterocycles. The third-order valence-electron chi connectivity index (χ3n) is 2.48. The van der Waals surface area contributed by atoms with E-state index in [0.717, 1.165) is 12.1 Å². The van der Waals surface area contributed by atoms with E-state index < -0.39 is 11.6 Å². The first kappa shape index (κ1) is 11.8. The Morgan fingerprint density at radius 2 is 2.21 bits per heavy atom. The minimum absolute atomic E-state index is 0.00708. The number of carbonyl (C=O) groups excluding carboxylic acids is 1. The van der Waals surface area contributed by atoms with Crippen molar-refractivity contribution in [1.29, 1.82) is 0 Å². The molecular weight excluding hydrogens is 274 g/mol. The van der Waals surface area contributed by atoms with E-state index in [9.17, 15) is 13.6 Å². The van der Waals surface area contributed by atoms with Gasteiger partial charge in [0.05, 0.1) is 0 Å². The number of nitrogens with zero attached hydrogens (tertiary/aromatic N) is 2. The molecule has 0 atom stereocenters. The molecule has 1 aromatic carbocycles. The number of halogens is 2. The SMILES string of the molecule is O=Cc1c(Oc2ccc(F)cc2F)nc2sccn12. The van der Waals surface area contributed by atoms with Crippen LogP contribution >= 0.6 is 11.3 Å². The molecule has 3 aromatic rings. The van der Waals surface area contributed by atoms with Crippen LogP contribution in [-0.2, 0) is 0 Å². The van der Waals surface area contributed by atoms with Crippen LogP contribution in [0.15, 0.2) is 29.8 Å². The quantitative estimate of drug-likeness (QED) is 0.691. The second-order valence-corrected chi connectivity index (χ2v) is 4.53. The van der Waals surface area contributed by atoms with E-state index in [1.54, 1.807) is 11.6 Å². The second kappa shape index (κ2) is 4.43. The van der Waals surface area contributed by atoms with Gasteiger partial charge in [-0.2, -0.15) is 4.98 Å². The third-order valence-corrected chi connectivity index (χ3v) is 3.23. The number of rotatable bonds is 3. The molecule has 0 bridgehead atoms. The molecule has 2 aromatic heterocycles. The van der Waals surface area contributed by atoms with Gasteiger partial charge in [-0.1, -0.05) is 0 Å². The van der Waals surface area contributed by atoms with E-state index >= 15 is 0 Å². The molecule has 3 rings (SSSR count). The summed E-state index contributed by atoms with van der Waals surface area (Å²) < 4.78 is 33.0. The number of fused-ring (bicyclic) bond motifs is 1. The van der Waals surface area contributed by atoms with Crippen molar-refractivity contribution in [2.75, 3.05) is 0 Å². The molecular formula is C12H6F2N2O2S. The summed E-state index contributed by atoms with van der Waals surface area (Å²) in [5.41, 5.74) is 0.181. The van der Waals surface area contributed by atoms with Crippen molar-refractivity contribution >= 4 is 22.6 Å². The average molecular weight is 280 g/mol. The molecule has 0 N–H and O–H groups in total. The fourth-order valence-corrected chi connectivity index (χ4v) is 2.34. The van der Waals surface area contributed by atoms with Gasteiger partial charge in [-0.05, 0) is 12.1 Å². The molecule has 0 unspecified atom stereocenters. The lowest BCUT2D eigenvalue weighted by Gasteiger charge is -2.04. The van der Waals surface area contributed by atoms with Gasteiger partial charge >= 0.3 is 0 Å². The number of hydrogen-bond donors (Lipinski definition) is 0. The highest BCUT2D eigenvalue weighted by Gasteiger charge is 2.16. The molecule has 0 saturated carbocycles. The minimum Gasteiger partial charge on any atom is -0.434 e. The standard InChI is InChI=1S/C12H6F2N2O2S/c13-7-1-2-10(8(14)5-7)18-11-9(6-17)16-3-4-19-12(16)15-11/h1-6H. The van der Waals surface area contributed by atoms with Crippen molar-refractivity contribution in [2.24, 2.45) is 0 Å². The predicted octanol–water partition coefficient (Wildman–Crippen LogP) is 3.28. The molecule has 0 aliphatic carbocycles. The highest BCUT2D eigenvalue weighted by Crippen LogP contribution is 2.28. The fourth-order valence-electron chi connectivity index (χ4n) is 1.63. The Labute approximate surface area is 109 Å². The lowest BCUT2D eigenvalue weighted by molar-refractivity contribution is 0.111. The minimum atomic E-state index is -0.854. The zero-order valence-electron chi connectivity index (χ0n) is 9.34. The average Bonchev–Trinajstić information content (AvgIpc) is 2.92. The van der Waals surface area contributed by atoms with Crippen LogP contribution in [-0.4, -0.2) is 15.7 Å². The molecule has 0 amide bonds. The molecule has 0 aliphatic heterocycles. The van der Waals surface area contributed by atoms with E-state index in [1.807, 2.05) is 0 Å². The van der Waals surface area contributed by atoms with Crippen LogP contribution in [0.25, 0.3) is 4.96 Å². The maximum Gasteiger partial charge on any atom is 0.250 e. The summed E-state index contributed by atoms with van der Waals surface area (Å²) in [5.74, 6) is -1.75. The van der Waals surface area contributed by atoms with Crippen LogP contribution in [0, 0.1) is 11.6 Å². The monoisotopic (exact) mass is 280 g/mol. The van der Waals surface area contributed by atoms with Crippen molar-refractivity contribution < 1.29 is 18.3 Å². The molecule has 19 heavy (non-hydrogen) atoms. The van der Waals surface area contributed by atoms with Crippen LogP contribution in [0.2, 0.25) is 0 Å². The van der Waals surface area contributed by atoms with Crippen LogP contribution in [0.1, 0.15) is 10.5 Å². The topological polar surface area (TPSA) is 43.6 Å². The number of benzene rings is 1. The van der Waals surface area contributed by atoms with Crippen LogP contribution in [0.3, 0.4) is 0 Å². The van der Waals surface area contributed by atoms with E-state index in [1.165, 1.54) is 15.7 Å². The molecule has 7 heteroatoms. The summed E-state index contributed by atoms with van der Waals surface area (Å²) >= 11 is 1.31. The Kier molecular flexibility index (Phi) is 2.75. The highest BCUT2D eigenvalue weighted by molar-refractivity contribution is 7.15. The van der Waals surface area contributed by atoms with E-state index in [-0.39, 0.29) is 17.3 Å². The molecule has 96 valence electrons. The van der Waals surface area contributed by atoms with Gasteiger partial charge in [0.2, 0.25) is 5.88 Å². The summed E-state index contributed by atoms with van der Waals surface area (Å²) in [5, 5.41) is 1.76. The van der Waals surface area contributed by atoms with Gasteiger partial charge in [0.15, 0.2) is 28.5 Å². The maximum atomic E-state index is 13.5. The van der Waals surface area contributed by atoms with E-state index in [2.05, 4.69) is 4.98 Å². The number of carbonyl (C=O) groups is 1. The summed E-state index contributed by atoms with van der Waals surface area (Å²) in [4.78, 5) is 15.7. The molecule has 4 nitrogen and oxygen atoms in total. The summed E-state index contributed by atoms with van der Waals surface area (Å²) in [6, 6.07) is 2.92. The van der Waals surface area contributed by atoms with Crippen LogP contribution in [0.5, 0.6) is 11.6 Å². The van der Waals surface area contributed by atoms with Crippen molar-refractivity contribution in [3.05, 3.63) is 47.1 Å². The van der Waals surface area contributed by atoms with Crippen LogP contribution in [0.4, 0.5) is 8.78 Å². The molecule has 0 saturated heterocycles. The lowest BCUT2D eigenvalue weighted by Crippen LogP contribution is -1.94. The van der Waals surface area contributed by atoms with Gasteiger partial charge in [-0.15, -0.1) is 11.3 Å². The number of thiazole rings is 1. The van der Waals surface area contributed by atoms with E-state index in [4.69, 9.17) is 4.74 Å². The number of hydrogen-bond acceptors (Lipinski definition) is 4. The molecule has 0 spiro atoms. The van der Waals surface area contributed by atoms with Gasteiger partial charge in [-0.3, -0.25) is 9.20 Å². The normalized spacial score (nSPS) is 10.8. The largest absolute Gasteiger partial charge is 0.434 e. The van der Waals surface area contributed by atoms with Gasteiger partial charge in [0, 0.05) is 17.6 Å². The molecule has 0 fully saturated rings. The lowest BCUT2D eigenvalue weighted by atomic mass is 10.3. The first-order chi connectivity index (χ1) is 9.19. The number of aromatic nitrogens is 2. The Balaban J connectivity index is 2.05. The Bertz CT molecular complexity index is 766. The van der Waals surface area contributed by atoms with Crippen molar-refractivity contribution in [3.63, 3.8) is 0 Å². The zero-order valence-corrected chi connectivity index (χ0v) is 10.2. The van der Waals surface area contributed by atoms with Gasteiger partial charge in [-0.25, -0.2) is 8.78 Å². The van der Waals surface area contributed by atoms with Crippen molar-refractivity contribution in [2.45, 2.75) is 0 Å². The maximum absolute atomic E-state index is 13.5. The second-order valence-electron chi connectivity index (χ2n) is 3.65. The summed E-state index contributed by atoms with van der Waals surface area (Å²) in [6.45, 7) is 0. The van der Waals surface area contributed by atoms with E-state index in [0.29, 0.717) is 17.3 Å². The van der Waals surface area contributed by atoms with Gasteiger partial charge in [0.1, 0.15) is 5.82 Å². The Morgan fingerprint density at radius 1 is 1.37 bits per heavy atom. The van der Waals surface area contributed by atoms with Gasteiger partial charge in [0.25, 0.3) is 0 Å². The van der Waals surface area contributed by atoms with Crippen LogP contribution < -0.4 is 4.74 Å². The zero-order chi connectivity index (χ0) is 13.4. The molecule has 0 aliphatic rings. The Hall–Kier alpha value is -2.28. The van der Waals surface area contributed by atoms with Crippen molar-refractivity contribution in [3.8, 4) is 11.6 Å². The highest BCUT2D eigenvalue weighted by atomic mass is 32.1. The summed E-state index contributed by atoms with van der Waals surface area (Å²) in [6.07, 6.45) is 2.23. The smallest absolute Gasteiger partial charge is 0.250 e. The first-order valence-electron chi connectivity index (χ1n) is 5.22. The predicted molar refractivity (Wildman–Crippen MR) is 64.9 cm³/mol. The third kappa shape index (κ3) is 1.97.